The van der Waals surface area contributed by atoms with Gasteiger partial charge in [-0.3, -0.25) is 4.90 Å². The van der Waals surface area contributed by atoms with Crippen molar-refractivity contribution >= 4 is 0 Å². The molecule has 1 atom stereocenters. The van der Waals surface area contributed by atoms with E-state index in [0.29, 0.717) is 13.0 Å². The van der Waals surface area contributed by atoms with Crippen molar-refractivity contribution in [2.24, 2.45) is 5.90 Å². The SMILES string of the molecule is CN1CCCC1(CON)CC(F)(F)F. The number of nitrogens with zero attached hydrogens (tertiary/aromatic N) is 1. The Labute approximate surface area is 81.0 Å². The van der Waals surface area contributed by atoms with Crippen molar-refractivity contribution in [3.63, 3.8) is 0 Å². The second-order valence-electron chi connectivity index (χ2n) is 3.85. The molecule has 1 rings (SSSR count). The van der Waals surface area contributed by atoms with Gasteiger partial charge in [0, 0.05) is 0 Å². The molecule has 0 spiro atoms. The average Bonchev–Trinajstić information content (AvgIpc) is 2.30. The molecule has 0 bridgehead atoms. The van der Waals surface area contributed by atoms with Gasteiger partial charge in [-0.25, -0.2) is 5.90 Å². The Morgan fingerprint density at radius 1 is 1.50 bits per heavy atom. The van der Waals surface area contributed by atoms with Gasteiger partial charge in [0.25, 0.3) is 0 Å². The van der Waals surface area contributed by atoms with Gasteiger partial charge in [-0.2, -0.15) is 13.2 Å². The first-order valence-corrected chi connectivity index (χ1v) is 4.49. The highest BCUT2D eigenvalue weighted by Crippen LogP contribution is 2.38. The number of nitrogens with two attached hydrogens (primary N) is 1. The van der Waals surface area contributed by atoms with Gasteiger partial charge in [-0.1, -0.05) is 0 Å². The highest BCUT2D eigenvalue weighted by Gasteiger charge is 2.47. The highest BCUT2D eigenvalue weighted by molar-refractivity contribution is 4.95. The Morgan fingerprint density at radius 3 is 2.50 bits per heavy atom. The van der Waals surface area contributed by atoms with Gasteiger partial charge in [0.15, 0.2) is 0 Å². The van der Waals surface area contributed by atoms with Crippen molar-refractivity contribution in [2.45, 2.75) is 31.0 Å². The van der Waals surface area contributed by atoms with Crippen LogP contribution < -0.4 is 5.90 Å². The van der Waals surface area contributed by atoms with E-state index < -0.39 is 18.1 Å². The highest BCUT2D eigenvalue weighted by atomic mass is 19.4. The fourth-order valence-electron chi connectivity index (χ4n) is 2.06. The van der Waals surface area contributed by atoms with Crippen molar-refractivity contribution in [1.82, 2.24) is 4.90 Å². The van der Waals surface area contributed by atoms with E-state index in [0.717, 1.165) is 6.42 Å². The number of likely N-dealkylation sites (tertiary alicyclic amines) is 1. The smallest absolute Gasteiger partial charge is 0.303 e. The standard InChI is InChI=1S/C8H15F3N2O/c1-13-4-2-3-7(13,6-14-12)5-8(9,10)11/h2-6,12H2,1H3. The van der Waals surface area contributed by atoms with Crippen LogP contribution in [0, 0.1) is 0 Å². The van der Waals surface area contributed by atoms with Crippen LogP contribution >= 0.6 is 0 Å². The number of hydrogen-bond acceptors (Lipinski definition) is 3. The molecule has 1 heterocycles. The second kappa shape index (κ2) is 4.04. The van der Waals surface area contributed by atoms with Crippen molar-refractivity contribution in [1.29, 1.82) is 0 Å². The molecule has 0 aromatic carbocycles. The average molecular weight is 212 g/mol. The first kappa shape index (κ1) is 11.7. The quantitative estimate of drug-likeness (QED) is 0.716. The van der Waals surface area contributed by atoms with Crippen LogP contribution in [0.5, 0.6) is 0 Å². The molecule has 1 aliphatic rings. The van der Waals surface area contributed by atoms with Crippen LogP contribution in [0.4, 0.5) is 13.2 Å². The summed E-state index contributed by atoms with van der Waals surface area (Å²) in [6, 6.07) is 0. The van der Waals surface area contributed by atoms with E-state index in [1.54, 1.807) is 11.9 Å². The summed E-state index contributed by atoms with van der Waals surface area (Å²) in [6.07, 6.45) is -3.78. The lowest BCUT2D eigenvalue weighted by Crippen LogP contribution is -2.49. The maximum Gasteiger partial charge on any atom is 0.390 e. The topological polar surface area (TPSA) is 38.5 Å². The Balaban J connectivity index is 2.71. The van der Waals surface area contributed by atoms with Crippen LogP contribution in [-0.2, 0) is 4.84 Å². The molecule has 1 aliphatic heterocycles. The predicted octanol–water partition coefficient (Wildman–Crippen LogP) is 1.29. The molecule has 1 saturated heterocycles. The largest absolute Gasteiger partial charge is 0.390 e. The maximum atomic E-state index is 12.3. The van der Waals surface area contributed by atoms with Gasteiger partial charge in [0.2, 0.25) is 0 Å². The van der Waals surface area contributed by atoms with Crippen LogP contribution in [0.15, 0.2) is 0 Å². The van der Waals surface area contributed by atoms with Crippen LogP contribution in [0.3, 0.4) is 0 Å². The Hall–Kier alpha value is -0.330. The van der Waals surface area contributed by atoms with Gasteiger partial charge in [0.1, 0.15) is 0 Å². The summed E-state index contributed by atoms with van der Waals surface area (Å²) in [5.74, 6) is 4.88. The minimum absolute atomic E-state index is 0.0665. The normalized spacial score (nSPS) is 29.8. The fourth-order valence-corrected chi connectivity index (χ4v) is 2.06. The zero-order chi connectivity index (χ0) is 10.8. The van der Waals surface area contributed by atoms with E-state index in [4.69, 9.17) is 5.90 Å². The third kappa shape index (κ3) is 2.59. The summed E-state index contributed by atoms with van der Waals surface area (Å²) in [6.45, 7) is 0.600. The third-order valence-corrected chi connectivity index (χ3v) is 2.83. The molecule has 0 saturated carbocycles. The summed E-state index contributed by atoms with van der Waals surface area (Å²) in [4.78, 5) is 6.09. The lowest BCUT2D eigenvalue weighted by molar-refractivity contribution is -0.166. The molecular formula is C8H15F3N2O. The summed E-state index contributed by atoms with van der Waals surface area (Å²) in [5.41, 5.74) is -0.951. The van der Waals surface area contributed by atoms with Crippen molar-refractivity contribution in [3.8, 4) is 0 Å². The van der Waals surface area contributed by atoms with Gasteiger partial charge in [-0.05, 0) is 26.4 Å². The van der Waals surface area contributed by atoms with E-state index in [2.05, 4.69) is 4.84 Å². The van der Waals surface area contributed by atoms with Gasteiger partial charge < -0.3 is 4.84 Å². The van der Waals surface area contributed by atoms with Crippen LogP contribution in [0.25, 0.3) is 0 Å². The van der Waals surface area contributed by atoms with Gasteiger partial charge in [0.05, 0.1) is 18.6 Å². The summed E-state index contributed by atoms with van der Waals surface area (Å²) < 4.78 is 37.0. The lowest BCUT2D eigenvalue weighted by atomic mass is 9.93. The molecule has 2 N–H and O–H groups in total. The van der Waals surface area contributed by atoms with Gasteiger partial charge >= 0.3 is 6.18 Å². The van der Waals surface area contributed by atoms with Crippen LogP contribution in [-0.4, -0.2) is 36.8 Å². The zero-order valence-electron chi connectivity index (χ0n) is 8.10. The molecule has 0 amide bonds. The van der Waals surface area contributed by atoms with Crippen LogP contribution in [0.2, 0.25) is 0 Å². The molecule has 3 nitrogen and oxygen atoms in total. The minimum Gasteiger partial charge on any atom is -0.303 e. The number of likely N-dealkylation sites (N-methyl/N-ethyl adjacent to an activating group) is 1. The summed E-state index contributed by atoms with van der Waals surface area (Å²) >= 11 is 0. The molecule has 1 fully saturated rings. The first-order valence-electron chi connectivity index (χ1n) is 4.49. The minimum atomic E-state index is -4.17. The number of rotatable bonds is 3. The monoisotopic (exact) mass is 212 g/mol. The van der Waals surface area contributed by atoms with Crippen molar-refractivity contribution < 1.29 is 18.0 Å². The fraction of sp³-hybridized carbons (Fsp3) is 1.00. The molecule has 1 unspecified atom stereocenters. The van der Waals surface area contributed by atoms with E-state index in [-0.39, 0.29) is 6.61 Å². The molecule has 6 heteroatoms. The summed E-state index contributed by atoms with van der Waals surface area (Å²) in [5, 5.41) is 0. The first-order chi connectivity index (χ1) is 6.40. The second-order valence-corrected chi connectivity index (χ2v) is 3.85. The molecule has 0 radical (unpaired) electrons. The Kier molecular flexibility index (Phi) is 3.39. The van der Waals surface area contributed by atoms with Crippen molar-refractivity contribution in [3.05, 3.63) is 0 Å². The van der Waals surface area contributed by atoms with Gasteiger partial charge in [-0.15, -0.1) is 0 Å². The molecule has 0 aliphatic carbocycles. The van der Waals surface area contributed by atoms with E-state index in [1.165, 1.54) is 0 Å². The predicted molar refractivity (Wildman–Crippen MR) is 45.4 cm³/mol. The van der Waals surface area contributed by atoms with Crippen LogP contribution in [0.1, 0.15) is 19.3 Å². The summed E-state index contributed by atoms with van der Waals surface area (Å²) in [7, 11) is 1.68. The van der Waals surface area contributed by atoms with Crippen molar-refractivity contribution in [2.75, 3.05) is 20.2 Å². The number of hydrogen-bond donors (Lipinski definition) is 1. The van der Waals surface area contributed by atoms with E-state index in [1.807, 2.05) is 0 Å². The third-order valence-electron chi connectivity index (χ3n) is 2.83. The molecule has 0 aromatic heterocycles. The van der Waals surface area contributed by atoms with E-state index in [9.17, 15) is 13.2 Å². The molecule has 84 valence electrons. The molecular weight excluding hydrogens is 197 g/mol. The molecule has 14 heavy (non-hydrogen) atoms. The number of alkyl halides is 3. The number of halogens is 3. The molecule has 0 aromatic rings. The Morgan fingerprint density at radius 2 is 2.14 bits per heavy atom. The maximum absolute atomic E-state index is 12.3. The zero-order valence-corrected chi connectivity index (χ0v) is 8.10. The lowest BCUT2D eigenvalue weighted by Gasteiger charge is -2.35. The Bertz CT molecular complexity index is 198. The van der Waals surface area contributed by atoms with E-state index >= 15 is 0 Å².